The van der Waals surface area contributed by atoms with Crippen LogP contribution in [0.4, 0.5) is 0 Å². The Balaban J connectivity index is 1.44. The van der Waals surface area contributed by atoms with Gasteiger partial charge in [0, 0.05) is 19.5 Å². The molecule has 1 aromatic carbocycles. The number of nitrogens with one attached hydrogen (secondary N) is 1. The highest BCUT2D eigenvalue weighted by Gasteiger charge is 2.60. The lowest BCUT2D eigenvalue weighted by molar-refractivity contribution is -0.146. The number of imide groups is 1. The molecule has 2 saturated heterocycles. The number of carbonyl (C=O) groups is 3. The minimum Gasteiger partial charge on any atom is -0.394 e. The SMILES string of the molecule is C[C@@H]1C(=O)N(C(=O)C2[C@@H](C)[C@H]2C)[C@H]2CCN(S(=O)(=O)N(C)CC(=O)N[C@H](CO)c3ccccc3)[C@H]12. The molecule has 2 N–H and O–H groups in total. The van der Waals surface area contributed by atoms with E-state index in [4.69, 9.17) is 0 Å². The Labute approximate surface area is 206 Å². The predicted molar refractivity (Wildman–Crippen MR) is 128 cm³/mol. The maximum atomic E-state index is 13.4. The Bertz CT molecular complexity index is 1090. The number of rotatable bonds is 8. The molecule has 192 valence electrons. The van der Waals surface area contributed by atoms with Crippen molar-refractivity contribution in [2.45, 2.75) is 45.3 Å². The summed E-state index contributed by atoms with van der Waals surface area (Å²) in [6.45, 7) is 5.04. The predicted octanol–water partition coefficient (Wildman–Crippen LogP) is 0.363. The summed E-state index contributed by atoms with van der Waals surface area (Å²) < 4.78 is 29.1. The number of carbonyl (C=O) groups excluding carboxylic acids is 3. The summed E-state index contributed by atoms with van der Waals surface area (Å²) in [4.78, 5) is 40.0. The van der Waals surface area contributed by atoms with Gasteiger partial charge in [0.2, 0.25) is 17.7 Å². The first kappa shape index (κ1) is 25.7. The number of aliphatic hydroxyl groups is 1. The van der Waals surface area contributed by atoms with Crippen molar-refractivity contribution >= 4 is 27.9 Å². The molecular weight excluding hydrogens is 472 g/mol. The quantitative estimate of drug-likeness (QED) is 0.490. The molecule has 1 aromatic rings. The number of likely N-dealkylation sites (N-methyl/N-ethyl adjacent to an activating group) is 1. The van der Waals surface area contributed by atoms with Gasteiger partial charge in [0.25, 0.3) is 10.2 Å². The number of likely N-dealkylation sites (tertiary alicyclic amines) is 1. The molecule has 3 fully saturated rings. The van der Waals surface area contributed by atoms with Crippen molar-refractivity contribution in [1.29, 1.82) is 0 Å². The number of benzene rings is 1. The van der Waals surface area contributed by atoms with Crippen molar-refractivity contribution < 1.29 is 27.9 Å². The van der Waals surface area contributed by atoms with Crippen LogP contribution >= 0.6 is 0 Å². The second-order valence-corrected chi connectivity index (χ2v) is 12.0. The van der Waals surface area contributed by atoms with Crippen LogP contribution in [-0.2, 0) is 24.6 Å². The maximum Gasteiger partial charge on any atom is 0.282 e. The summed E-state index contributed by atoms with van der Waals surface area (Å²) in [7, 11) is -2.76. The summed E-state index contributed by atoms with van der Waals surface area (Å²) in [5.74, 6) is -1.49. The van der Waals surface area contributed by atoms with E-state index in [0.717, 1.165) is 4.31 Å². The molecule has 3 amide bonds. The van der Waals surface area contributed by atoms with Crippen LogP contribution in [0.25, 0.3) is 0 Å². The smallest absolute Gasteiger partial charge is 0.282 e. The lowest BCUT2D eigenvalue weighted by Gasteiger charge is -2.29. The normalized spacial score (nSPS) is 31.5. The molecule has 2 aliphatic heterocycles. The van der Waals surface area contributed by atoms with E-state index in [-0.39, 0.29) is 42.7 Å². The Morgan fingerprint density at radius 2 is 1.80 bits per heavy atom. The van der Waals surface area contributed by atoms with Crippen LogP contribution in [-0.4, -0.2) is 83.6 Å². The first-order valence-corrected chi connectivity index (χ1v) is 13.5. The number of aliphatic hydroxyl groups excluding tert-OH is 1. The molecule has 35 heavy (non-hydrogen) atoms. The fraction of sp³-hybridized carbons (Fsp3) is 0.625. The average Bonchev–Trinajstić information content (AvgIpc) is 3.13. The van der Waals surface area contributed by atoms with E-state index in [1.807, 2.05) is 19.9 Å². The highest BCUT2D eigenvalue weighted by atomic mass is 32.2. The molecule has 0 spiro atoms. The van der Waals surface area contributed by atoms with Crippen molar-refractivity contribution in [3.8, 4) is 0 Å². The van der Waals surface area contributed by atoms with E-state index in [1.54, 1.807) is 31.2 Å². The van der Waals surface area contributed by atoms with Gasteiger partial charge in [0.05, 0.1) is 37.2 Å². The number of hydrogen-bond acceptors (Lipinski definition) is 6. The highest BCUT2D eigenvalue weighted by Crippen LogP contribution is 2.49. The van der Waals surface area contributed by atoms with Crippen molar-refractivity contribution in [2.75, 3.05) is 26.7 Å². The monoisotopic (exact) mass is 506 g/mol. The zero-order chi connectivity index (χ0) is 25.7. The molecular formula is C24H34N4O6S. The maximum absolute atomic E-state index is 13.4. The van der Waals surface area contributed by atoms with Gasteiger partial charge in [-0.05, 0) is 23.8 Å². The summed E-state index contributed by atoms with van der Waals surface area (Å²) >= 11 is 0. The fourth-order valence-corrected chi connectivity index (χ4v) is 7.21. The second kappa shape index (κ2) is 9.61. The van der Waals surface area contributed by atoms with E-state index in [1.165, 1.54) is 16.3 Å². The van der Waals surface area contributed by atoms with Gasteiger partial charge in [-0.1, -0.05) is 51.1 Å². The summed E-state index contributed by atoms with van der Waals surface area (Å²) in [5, 5.41) is 12.3. The largest absolute Gasteiger partial charge is 0.394 e. The lowest BCUT2D eigenvalue weighted by Crippen LogP contribution is -2.50. The Morgan fingerprint density at radius 1 is 1.17 bits per heavy atom. The zero-order valence-electron chi connectivity index (χ0n) is 20.5. The average molecular weight is 507 g/mol. The number of nitrogens with zero attached hydrogens (tertiary/aromatic N) is 3. The van der Waals surface area contributed by atoms with Crippen molar-refractivity contribution in [1.82, 2.24) is 18.8 Å². The van der Waals surface area contributed by atoms with Crippen molar-refractivity contribution in [2.24, 2.45) is 23.7 Å². The summed E-state index contributed by atoms with van der Waals surface area (Å²) in [5.41, 5.74) is 0.707. The molecule has 2 heterocycles. The zero-order valence-corrected chi connectivity index (χ0v) is 21.3. The minimum absolute atomic E-state index is 0.171. The Hall–Kier alpha value is -2.34. The Morgan fingerprint density at radius 3 is 2.37 bits per heavy atom. The van der Waals surface area contributed by atoms with Crippen LogP contribution in [0.15, 0.2) is 30.3 Å². The van der Waals surface area contributed by atoms with E-state index < -0.39 is 46.7 Å². The van der Waals surface area contributed by atoms with E-state index in [9.17, 15) is 27.9 Å². The molecule has 1 unspecified atom stereocenters. The molecule has 10 nitrogen and oxygen atoms in total. The van der Waals surface area contributed by atoms with Gasteiger partial charge in [0.15, 0.2) is 0 Å². The summed E-state index contributed by atoms with van der Waals surface area (Å²) in [6.07, 6.45) is 0.377. The van der Waals surface area contributed by atoms with Crippen molar-refractivity contribution in [3.05, 3.63) is 35.9 Å². The number of amides is 3. The van der Waals surface area contributed by atoms with Crippen LogP contribution < -0.4 is 5.32 Å². The minimum atomic E-state index is -4.07. The van der Waals surface area contributed by atoms with Crippen LogP contribution in [0.5, 0.6) is 0 Å². The van der Waals surface area contributed by atoms with E-state index >= 15 is 0 Å². The molecule has 11 heteroatoms. The van der Waals surface area contributed by atoms with E-state index in [2.05, 4.69) is 5.32 Å². The van der Waals surface area contributed by atoms with Crippen LogP contribution in [0, 0.1) is 23.7 Å². The molecule has 1 saturated carbocycles. The van der Waals surface area contributed by atoms with Gasteiger partial charge in [0.1, 0.15) is 0 Å². The van der Waals surface area contributed by atoms with Crippen LogP contribution in [0.2, 0.25) is 0 Å². The van der Waals surface area contributed by atoms with Gasteiger partial charge in [-0.25, -0.2) is 0 Å². The highest BCUT2D eigenvalue weighted by molar-refractivity contribution is 7.86. The fourth-order valence-electron chi connectivity index (χ4n) is 5.60. The standard InChI is InChI=1S/C24H34N4O6S/c1-14-15(2)21(14)24(32)28-19-10-11-27(22(19)16(3)23(28)31)35(33,34)26(4)12-20(30)25-18(13-29)17-8-6-5-7-9-17/h5-9,14-16,18-19,21-22,29H,10-13H2,1-4H3,(H,25,30)/t14-,15+,16-,18+,19-,21?,22+/m0/s1. The summed E-state index contributed by atoms with van der Waals surface area (Å²) in [6, 6.07) is 7.12. The first-order chi connectivity index (χ1) is 16.5. The Kier molecular flexibility index (Phi) is 7.07. The lowest BCUT2D eigenvalue weighted by atomic mass is 10.0. The first-order valence-electron chi connectivity index (χ1n) is 12.1. The number of hydrogen-bond donors (Lipinski definition) is 2. The van der Waals surface area contributed by atoms with Gasteiger partial charge < -0.3 is 10.4 Å². The second-order valence-electron chi connectivity index (χ2n) is 10.0. The number of fused-ring (bicyclic) bond motifs is 1. The third kappa shape index (κ3) is 4.50. The van der Waals surface area contributed by atoms with Gasteiger partial charge in [-0.15, -0.1) is 0 Å². The van der Waals surface area contributed by atoms with E-state index in [0.29, 0.717) is 12.0 Å². The van der Waals surface area contributed by atoms with Gasteiger partial charge in [-0.2, -0.15) is 17.0 Å². The topological polar surface area (TPSA) is 127 Å². The molecule has 7 atom stereocenters. The van der Waals surface area contributed by atoms with Gasteiger partial charge >= 0.3 is 0 Å². The third-order valence-corrected chi connectivity index (χ3v) is 9.90. The molecule has 0 radical (unpaired) electrons. The van der Waals surface area contributed by atoms with Crippen molar-refractivity contribution in [3.63, 3.8) is 0 Å². The molecule has 1 aliphatic carbocycles. The van der Waals surface area contributed by atoms with Crippen LogP contribution in [0.3, 0.4) is 0 Å². The van der Waals surface area contributed by atoms with Crippen LogP contribution in [0.1, 0.15) is 38.8 Å². The molecule has 4 rings (SSSR count). The molecule has 0 aromatic heterocycles. The molecule has 0 bridgehead atoms. The van der Waals surface area contributed by atoms with Gasteiger partial charge in [-0.3, -0.25) is 19.3 Å². The third-order valence-electron chi connectivity index (χ3n) is 7.96. The molecule has 3 aliphatic rings.